The van der Waals surface area contributed by atoms with Crippen molar-refractivity contribution in [3.63, 3.8) is 0 Å². The van der Waals surface area contributed by atoms with Gasteiger partial charge in [0.2, 0.25) is 0 Å². The van der Waals surface area contributed by atoms with Crippen LogP contribution in [-0.2, 0) is 0 Å². The lowest BCUT2D eigenvalue weighted by molar-refractivity contribution is 1.14. The van der Waals surface area contributed by atoms with Gasteiger partial charge in [-0.25, -0.2) is 0 Å². The summed E-state index contributed by atoms with van der Waals surface area (Å²) in [5.74, 6) is 0. The summed E-state index contributed by atoms with van der Waals surface area (Å²) < 4.78 is 0. The number of rotatable bonds is 3. The molecule has 0 aliphatic carbocycles. The zero-order chi connectivity index (χ0) is 8.15. The molecule has 0 aromatic carbocycles. The van der Waals surface area contributed by atoms with E-state index in [1.54, 1.807) is 6.92 Å². The van der Waals surface area contributed by atoms with Crippen molar-refractivity contribution in [3.8, 4) is 0 Å². The van der Waals surface area contributed by atoms with Gasteiger partial charge in [0.25, 0.3) is 0 Å². The van der Waals surface area contributed by atoms with Crippen LogP contribution in [0.3, 0.4) is 0 Å². The topological polar surface area (TPSA) is 23.9 Å². The SMILES string of the molecule is [B]/C(C)=C(\C=N)C(=C)CC. The Labute approximate surface area is 63.8 Å². The average Bonchev–Trinajstić information content (AvgIpc) is 1.88. The van der Waals surface area contributed by atoms with Gasteiger partial charge < -0.3 is 5.41 Å². The van der Waals surface area contributed by atoms with Crippen LogP contribution in [0.2, 0.25) is 0 Å². The Balaban J connectivity index is 4.53. The Morgan fingerprint density at radius 1 is 1.70 bits per heavy atom. The van der Waals surface area contributed by atoms with Crippen LogP contribution < -0.4 is 0 Å². The minimum Gasteiger partial charge on any atom is -0.308 e. The quantitative estimate of drug-likeness (QED) is 0.346. The Hall–Kier alpha value is -0.785. The first-order valence-electron chi connectivity index (χ1n) is 3.28. The van der Waals surface area contributed by atoms with Crippen LogP contribution in [0.1, 0.15) is 20.3 Å². The highest BCUT2D eigenvalue weighted by Crippen LogP contribution is 2.11. The first-order chi connectivity index (χ1) is 4.63. The summed E-state index contributed by atoms with van der Waals surface area (Å²) in [6.07, 6.45) is 2.10. The van der Waals surface area contributed by atoms with E-state index in [9.17, 15) is 0 Å². The van der Waals surface area contributed by atoms with Gasteiger partial charge in [0.05, 0.1) is 0 Å². The van der Waals surface area contributed by atoms with E-state index in [4.69, 9.17) is 13.3 Å². The molecule has 0 aromatic heterocycles. The van der Waals surface area contributed by atoms with Crippen molar-refractivity contribution >= 4 is 14.1 Å². The molecule has 0 atom stereocenters. The van der Waals surface area contributed by atoms with Crippen molar-refractivity contribution in [2.24, 2.45) is 0 Å². The third kappa shape index (κ3) is 2.22. The van der Waals surface area contributed by atoms with Crippen molar-refractivity contribution in [1.29, 1.82) is 5.41 Å². The van der Waals surface area contributed by atoms with Gasteiger partial charge in [-0.05, 0) is 17.6 Å². The lowest BCUT2D eigenvalue weighted by Crippen LogP contribution is -1.92. The van der Waals surface area contributed by atoms with E-state index in [0.717, 1.165) is 17.6 Å². The molecule has 1 N–H and O–H groups in total. The Morgan fingerprint density at radius 2 is 2.20 bits per heavy atom. The largest absolute Gasteiger partial charge is 0.308 e. The second-order valence-electron chi connectivity index (χ2n) is 2.20. The molecule has 0 aliphatic heterocycles. The van der Waals surface area contributed by atoms with Crippen LogP contribution in [0.4, 0.5) is 0 Å². The number of allylic oxidation sites excluding steroid dienone is 3. The minimum atomic E-state index is 0.668. The molecule has 0 amide bonds. The maximum atomic E-state index is 7.00. The van der Waals surface area contributed by atoms with Gasteiger partial charge >= 0.3 is 0 Å². The van der Waals surface area contributed by atoms with Crippen molar-refractivity contribution in [1.82, 2.24) is 0 Å². The molecule has 0 aliphatic rings. The highest BCUT2D eigenvalue weighted by Gasteiger charge is 1.97. The first kappa shape index (κ1) is 9.21. The van der Waals surface area contributed by atoms with E-state index in [-0.39, 0.29) is 0 Å². The fourth-order valence-electron chi connectivity index (χ4n) is 0.685. The van der Waals surface area contributed by atoms with E-state index in [1.165, 1.54) is 6.21 Å². The standard InChI is InChI=1S/C8H12BN/c1-4-6(2)8(5-10)7(3)9/h5,10H,2,4H2,1,3H3/b8-7+,10-5?. The van der Waals surface area contributed by atoms with Crippen molar-refractivity contribution in [3.05, 3.63) is 23.2 Å². The molecule has 52 valence electrons. The second-order valence-corrected chi connectivity index (χ2v) is 2.20. The van der Waals surface area contributed by atoms with Gasteiger partial charge in [0, 0.05) is 6.21 Å². The summed E-state index contributed by atoms with van der Waals surface area (Å²) in [7, 11) is 5.49. The van der Waals surface area contributed by atoms with E-state index < -0.39 is 0 Å². The summed E-state index contributed by atoms with van der Waals surface area (Å²) in [6, 6.07) is 0. The van der Waals surface area contributed by atoms with Crippen LogP contribution in [-0.4, -0.2) is 14.1 Å². The lowest BCUT2D eigenvalue weighted by atomic mass is 9.88. The van der Waals surface area contributed by atoms with Crippen molar-refractivity contribution in [2.75, 3.05) is 0 Å². The summed E-state index contributed by atoms with van der Waals surface area (Å²) in [6.45, 7) is 7.55. The van der Waals surface area contributed by atoms with Gasteiger partial charge in [-0.2, -0.15) is 0 Å². The van der Waals surface area contributed by atoms with Gasteiger partial charge in [-0.1, -0.05) is 20.4 Å². The normalized spacial score (nSPS) is 12.2. The third-order valence-electron chi connectivity index (χ3n) is 1.38. The average molecular weight is 133 g/mol. The molecule has 0 spiro atoms. The predicted octanol–water partition coefficient (Wildman–Crippen LogP) is 2.04. The summed E-state index contributed by atoms with van der Waals surface area (Å²) in [4.78, 5) is 0. The second kappa shape index (κ2) is 4.10. The monoisotopic (exact) mass is 133 g/mol. The summed E-state index contributed by atoms with van der Waals surface area (Å²) in [5.41, 5.74) is 2.36. The van der Waals surface area contributed by atoms with E-state index >= 15 is 0 Å². The minimum absolute atomic E-state index is 0.668. The smallest absolute Gasteiger partial charge is 0.108 e. The molecule has 0 unspecified atom stereocenters. The van der Waals surface area contributed by atoms with E-state index in [1.807, 2.05) is 6.92 Å². The molecule has 0 heterocycles. The molecule has 0 fully saturated rings. The Bertz CT molecular complexity index is 176. The lowest BCUT2D eigenvalue weighted by Gasteiger charge is -2.04. The molecule has 0 saturated heterocycles. The van der Waals surface area contributed by atoms with Gasteiger partial charge in [-0.15, -0.1) is 5.47 Å². The van der Waals surface area contributed by atoms with Gasteiger partial charge in [0.15, 0.2) is 0 Å². The number of hydrogen-bond acceptors (Lipinski definition) is 1. The maximum Gasteiger partial charge on any atom is 0.108 e. The summed E-state index contributed by atoms with van der Waals surface area (Å²) >= 11 is 0. The molecule has 0 saturated carbocycles. The van der Waals surface area contributed by atoms with Gasteiger partial charge in [-0.3, -0.25) is 0 Å². The maximum absolute atomic E-state index is 7.00. The third-order valence-corrected chi connectivity index (χ3v) is 1.38. The van der Waals surface area contributed by atoms with Crippen molar-refractivity contribution in [2.45, 2.75) is 20.3 Å². The summed E-state index contributed by atoms with van der Waals surface area (Å²) in [5, 5.41) is 7.00. The molecule has 2 radical (unpaired) electrons. The van der Waals surface area contributed by atoms with Crippen LogP contribution >= 0.6 is 0 Å². The molecular weight excluding hydrogens is 121 g/mol. The highest BCUT2D eigenvalue weighted by molar-refractivity contribution is 6.23. The van der Waals surface area contributed by atoms with Crippen LogP contribution in [0.15, 0.2) is 23.2 Å². The molecule has 1 nitrogen and oxygen atoms in total. The fourth-order valence-corrected chi connectivity index (χ4v) is 0.685. The van der Waals surface area contributed by atoms with E-state index in [0.29, 0.717) is 5.47 Å². The molecule has 0 rings (SSSR count). The molecule has 2 heteroatoms. The van der Waals surface area contributed by atoms with Crippen LogP contribution in [0, 0.1) is 5.41 Å². The van der Waals surface area contributed by atoms with Crippen LogP contribution in [0.5, 0.6) is 0 Å². The molecular formula is C8H12BN. The molecule has 0 aromatic rings. The fraction of sp³-hybridized carbons (Fsp3) is 0.375. The zero-order valence-corrected chi connectivity index (χ0v) is 6.57. The zero-order valence-electron chi connectivity index (χ0n) is 6.57. The Kier molecular flexibility index (Phi) is 3.78. The van der Waals surface area contributed by atoms with Gasteiger partial charge in [0.1, 0.15) is 7.85 Å². The molecule has 10 heavy (non-hydrogen) atoms. The number of nitrogens with one attached hydrogen (secondary N) is 1. The Morgan fingerprint density at radius 3 is 2.30 bits per heavy atom. The number of hydrogen-bond donors (Lipinski definition) is 1. The van der Waals surface area contributed by atoms with Crippen molar-refractivity contribution < 1.29 is 0 Å². The van der Waals surface area contributed by atoms with Crippen LogP contribution in [0.25, 0.3) is 0 Å². The first-order valence-corrected chi connectivity index (χ1v) is 3.28. The van der Waals surface area contributed by atoms with E-state index in [2.05, 4.69) is 6.58 Å². The highest BCUT2D eigenvalue weighted by atomic mass is 14.3. The molecule has 0 bridgehead atoms. The predicted molar refractivity (Wildman–Crippen MR) is 46.7 cm³/mol.